The molecule has 0 radical (unpaired) electrons. The smallest absolute Gasteiger partial charge is 0.461 e. The van der Waals surface area contributed by atoms with Gasteiger partial charge in [-0.05, 0) is 68.6 Å². The van der Waals surface area contributed by atoms with Crippen molar-refractivity contribution in [1.29, 1.82) is 0 Å². The summed E-state index contributed by atoms with van der Waals surface area (Å²) in [6.07, 6.45) is 0.535. The molecule has 7 heteroatoms. The van der Waals surface area contributed by atoms with Crippen molar-refractivity contribution in [3.63, 3.8) is 0 Å². The summed E-state index contributed by atoms with van der Waals surface area (Å²) in [5, 5.41) is 0. The van der Waals surface area contributed by atoms with Crippen LogP contribution in [0.4, 0.5) is 13.2 Å². The van der Waals surface area contributed by atoms with E-state index < -0.39 is 12.3 Å². The molecule has 3 heterocycles. The Morgan fingerprint density at radius 1 is 1.15 bits per heavy atom. The Morgan fingerprint density at radius 3 is 2.50 bits per heavy atom. The maximum atomic E-state index is 12.5. The van der Waals surface area contributed by atoms with E-state index in [1.165, 1.54) is 18.2 Å². The number of rotatable bonds is 4. The van der Waals surface area contributed by atoms with Gasteiger partial charge in [-0.1, -0.05) is 12.1 Å². The van der Waals surface area contributed by atoms with Gasteiger partial charge < -0.3 is 14.4 Å². The number of carbonyl (C=O) groups is 1. The normalized spacial score (nSPS) is 27.0. The number of allylic oxidation sites excluding steroid dienone is 1. The van der Waals surface area contributed by atoms with Crippen LogP contribution in [0.1, 0.15) is 30.4 Å². The molecule has 1 aromatic rings. The number of ether oxygens (including phenoxy) is 2. The Kier molecular flexibility index (Phi) is 4.22. The van der Waals surface area contributed by atoms with Gasteiger partial charge in [-0.25, -0.2) is 4.79 Å². The van der Waals surface area contributed by atoms with Gasteiger partial charge in [0.1, 0.15) is 5.75 Å². The fraction of sp³-hybridized carbons (Fsp3) is 0.526. The average Bonchev–Trinajstić information content (AvgIpc) is 3.03. The summed E-state index contributed by atoms with van der Waals surface area (Å²) < 4.78 is 46.6. The first-order valence-electron chi connectivity index (χ1n) is 8.82. The molecule has 1 aliphatic carbocycles. The minimum absolute atomic E-state index is 0.0941. The van der Waals surface area contributed by atoms with Crippen LogP contribution in [0.2, 0.25) is 0 Å². The molecule has 0 N–H and O–H groups in total. The minimum atomic E-state index is -4.73. The van der Waals surface area contributed by atoms with Gasteiger partial charge in [-0.2, -0.15) is 0 Å². The average molecular weight is 367 g/mol. The van der Waals surface area contributed by atoms with E-state index >= 15 is 0 Å². The Morgan fingerprint density at radius 2 is 1.85 bits per heavy atom. The van der Waals surface area contributed by atoms with E-state index in [4.69, 9.17) is 4.74 Å². The van der Waals surface area contributed by atoms with E-state index in [-0.39, 0.29) is 11.2 Å². The van der Waals surface area contributed by atoms with Crippen molar-refractivity contribution < 1.29 is 27.4 Å². The van der Waals surface area contributed by atoms with Gasteiger partial charge in [0.25, 0.3) is 0 Å². The van der Waals surface area contributed by atoms with Crippen molar-refractivity contribution in [2.24, 2.45) is 5.41 Å². The Bertz CT molecular complexity index is 735. The van der Waals surface area contributed by atoms with Crippen molar-refractivity contribution in [1.82, 2.24) is 4.90 Å². The van der Waals surface area contributed by atoms with Crippen molar-refractivity contribution in [3.8, 4) is 5.75 Å². The van der Waals surface area contributed by atoms with Gasteiger partial charge in [-0.3, -0.25) is 0 Å². The monoisotopic (exact) mass is 367 g/mol. The second-order valence-electron chi connectivity index (χ2n) is 7.36. The molecule has 0 atom stereocenters. The van der Waals surface area contributed by atoms with E-state index in [1.807, 2.05) is 0 Å². The van der Waals surface area contributed by atoms with Crippen LogP contribution in [0, 0.1) is 5.41 Å². The van der Waals surface area contributed by atoms with Crippen LogP contribution in [-0.4, -0.2) is 43.5 Å². The topological polar surface area (TPSA) is 38.8 Å². The molecule has 0 saturated carbocycles. The fourth-order valence-electron chi connectivity index (χ4n) is 4.12. The molecule has 0 spiro atoms. The number of piperidine rings is 3. The van der Waals surface area contributed by atoms with Crippen LogP contribution in [0.5, 0.6) is 5.75 Å². The minimum Gasteiger partial charge on any atom is -0.461 e. The van der Waals surface area contributed by atoms with Gasteiger partial charge in [0.15, 0.2) is 0 Å². The molecular formula is C19H20F3NO3. The van der Waals surface area contributed by atoms with Crippen LogP contribution in [0.15, 0.2) is 24.3 Å². The highest BCUT2D eigenvalue weighted by Gasteiger charge is 2.40. The summed E-state index contributed by atoms with van der Waals surface area (Å²) in [4.78, 5) is 15.0. The lowest BCUT2D eigenvalue weighted by atomic mass is 9.73. The van der Waals surface area contributed by atoms with E-state index in [9.17, 15) is 18.0 Å². The van der Waals surface area contributed by atoms with Crippen LogP contribution < -0.4 is 4.74 Å². The van der Waals surface area contributed by atoms with Crippen LogP contribution >= 0.6 is 0 Å². The first-order chi connectivity index (χ1) is 12.3. The quantitative estimate of drug-likeness (QED) is 0.763. The third-order valence-electron chi connectivity index (χ3n) is 5.73. The van der Waals surface area contributed by atoms with Crippen LogP contribution in [-0.2, 0) is 16.0 Å². The summed E-state index contributed by atoms with van der Waals surface area (Å²) in [6.45, 7) is 3.60. The van der Waals surface area contributed by atoms with Crippen LogP contribution in [0.25, 0.3) is 5.57 Å². The van der Waals surface area contributed by atoms with Gasteiger partial charge in [0, 0.05) is 5.41 Å². The summed E-state index contributed by atoms with van der Waals surface area (Å²) in [7, 11) is 0. The zero-order chi connectivity index (χ0) is 18.4. The first kappa shape index (κ1) is 17.4. The molecule has 0 amide bonds. The van der Waals surface area contributed by atoms with E-state index in [2.05, 4.69) is 9.64 Å². The number of halogens is 3. The van der Waals surface area contributed by atoms with Crippen molar-refractivity contribution in [3.05, 3.63) is 35.4 Å². The summed E-state index contributed by atoms with van der Waals surface area (Å²) in [5.74, 6) is -0.664. The third kappa shape index (κ3) is 3.45. The number of esters is 1. The lowest BCUT2D eigenvalue weighted by Gasteiger charge is -2.47. The Hall–Kier alpha value is -2.02. The van der Waals surface area contributed by atoms with Crippen LogP contribution in [0.3, 0.4) is 0 Å². The number of fused-ring (bicyclic) bond motifs is 4. The molecule has 4 aliphatic rings. The first-order valence-corrected chi connectivity index (χ1v) is 8.82. The molecule has 5 rings (SSSR count). The molecule has 4 nitrogen and oxygen atoms in total. The van der Waals surface area contributed by atoms with Crippen molar-refractivity contribution in [2.75, 3.05) is 26.2 Å². The number of hydrogen-bond donors (Lipinski definition) is 0. The molecule has 1 aromatic carbocycles. The highest BCUT2D eigenvalue weighted by molar-refractivity contribution is 6.18. The number of alkyl halides is 3. The molecule has 140 valence electrons. The number of hydrogen-bond acceptors (Lipinski definition) is 4. The molecule has 3 fully saturated rings. The summed E-state index contributed by atoms with van der Waals surface area (Å²) in [6, 6.07) is 4.05. The lowest BCUT2D eigenvalue weighted by Crippen LogP contribution is -2.50. The van der Waals surface area contributed by atoms with E-state index in [0.717, 1.165) is 38.9 Å². The molecule has 0 unspecified atom stereocenters. The second kappa shape index (κ2) is 6.30. The molecule has 26 heavy (non-hydrogen) atoms. The van der Waals surface area contributed by atoms with Gasteiger partial charge in [-0.15, -0.1) is 13.2 Å². The highest BCUT2D eigenvalue weighted by atomic mass is 19.4. The van der Waals surface area contributed by atoms with Crippen molar-refractivity contribution in [2.45, 2.75) is 32.0 Å². The predicted octanol–water partition coefficient (Wildman–Crippen LogP) is 3.55. The molecule has 0 aromatic heterocycles. The number of carbonyl (C=O) groups excluding carboxylic acids is 1. The zero-order valence-corrected chi connectivity index (χ0v) is 14.3. The number of benzene rings is 1. The molecule has 2 bridgehead atoms. The summed E-state index contributed by atoms with van der Waals surface area (Å²) in [5.41, 5.74) is 1.79. The van der Waals surface area contributed by atoms with Gasteiger partial charge >= 0.3 is 12.3 Å². The highest BCUT2D eigenvalue weighted by Crippen LogP contribution is 2.41. The fourth-order valence-corrected chi connectivity index (χ4v) is 4.12. The molecular weight excluding hydrogens is 347 g/mol. The molecule has 3 aliphatic heterocycles. The molecule has 3 saturated heterocycles. The maximum Gasteiger partial charge on any atom is 0.573 e. The predicted molar refractivity (Wildman–Crippen MR) is 88.5 cm³/mol. The van der Waals surface area contributed by atoms with E-state index in [0.29, 0.717) is 29.7 Å². The van der Waals surface area contributed by atoms with Gasteiger partial charge in [0.05, 0.1) is 12.2 Å². The zero-order valence-electron chi connectivity index (χ0n) is 14.3. The SMILES string of the molecule is O=C(OCC12CCN(CC1)CC2)C1=CCc2cc(OC(F)(F)F)ccc21. The Labute approximate surface area is 149 Å². The standard InChI is InChI=1S/C19H20F3NO3/c20-19(21,22)26-14-2-4-15-13(11-14)1-3-16(15)17(24)25-12-18-5-8-23(9-6-18)10-7-18/h2-4,11H,1,5-10,12H2. The number of nitrogens with zero attached hydrogens (tertiary/aromatic N) is 1. The Balaban J connectivity index is 1.41. The largest absolute Gasteiger partial charge is 0.573 e. The third-order valence-corrected chi connectivity index (χ3v) is 5.73. The van der Waals surface area contributed by atoms with E-state index in [1.54, 1.807) is 6.08 Å². The maximum absolute atomic E-state index is 12.5. The summed E-state index contributed by atoms with van der Waals surface area (Å²) >= 11 is 0. The lowest BCUT2D eigenvalue weighted by molar-refractivity contribution is -0.274. The second-order valence-corrected chi connectivity index (χ2v) is 7.36. The van der Waals surface area contributed by atoms with Gasteiger partial charge in [0.2, 0.25) is 0 Å². The van der Waals surface area contributed by atoms with Crippen molar-refractivity contribution >= 4 is 11.5 Å².